The molecule has 0 N–H and O–H groups in total. The van der Waals surface area contributed by atoms with Crippen LogP contribution in [0.4, 0.5) is 5.69 Å². The lowest BCUT2D eigenvalue weighted by Crippen LogP contribution is -2.47. The highest BCUT2D eigenvalue weighted by atomic mass is 16.2. The summed E-state index contributed by atoms with van der Waals surface area (Å²) in [6, 6.07) is 7.94. The first-order valence-corrected chi connectivity index (χ1v) is 8.60. The summed E-state index contributed by atoms with van der Waals surface area (Å²) in [5.74, 6) is 0.270. The number of hydrogen-bond acceptors (Lipinski definition) is 4. The Hall–Kier alpha value is -2.27. The number of nitrogens with zero attached hydrogens (tertiary/aromatic N) is 4. The average molecular weight is 322 g/mol. The van der Waals surface area contributed by atoms with Crippen molar-refractivity contribution in [2.45, 2.75) is 25.8 Å². The summed E-state index contributed by atoms with van der Waals surface area (Å²) in [6.07, 6.45) is 10.2. The van der Waals surface area contributed by atoms with Crippen molar-refractivity contribution in [3.63, 3.8) is 0 Å². The molecule has 2 aliphatic rings. The predicted octanol–water partition coefficient (Wildman–Crippen LogP) is 2.50. The van der Waals surface area contributed by atoms with Crippen LogP contribution in [0.2, 0.25) is 0 Å². The molecule has 1 spiro atoms. The third-order valence-electron chi connectivity index (χ3n) is 5.26. The largest absolute Gasteiger partial charge is 0.310 e. The molecule has 0 unspecified atom stereocenters. The zero-order valence-corrected chi connectivity index (χ0v) is 13.8. The van der Waals surface area contributed by atoms with Gasteiger partial charge >= 0.3 is 0 Å². The van der Waals surface area contributed by atoms with E-state index in [1.54, 1.807) is 18.6 Å². The minimum absolute atomic E-state index is 0.226. The number of piperidine rings is 1. The van der Waals surface area contributed by atoms with Crippen molar-refractivity contribution in [3.8, 4) is 0 Å². The molecule has 24 heavy (non-hydrogen) atoms. The molecule has 1 atom stereocenters. The quantitative estimate of drug-likeness (QED) is 0.871. The third kappa shape index (κ3) is 2.80. The number of anilines is 1. The van der Waals surface area contributed by atoms with Crippen LogP contribution in [0.5, 0.6) is 0 Å². The number of aromatic nitrogens is 2. The molecule has 2 fully saturated rings. The van der Waals surface area contributed by atoms with E-state index in [2.05, 4.69) is 20.9 Å². The van der Waals surface area contributed by atoms with Crippen molar-refractivity contribution < 1.29 is 4.79 Å². The maximum absolute atomic E-state index is 13.1. The molecule has 0 bridgehead atoms. The lowest BCUT2D eigenvalue weighted by Gasteiger charge is -2.39. The lowest BCUT2D eigenvalue weighted by molar-refractivity contribution is -0.128. The second-order valence-electron chi connectivity index (χ2n) is 6.87. The Bertz CT molecular complexity index is 706. The van der Waals surface area contributed by atoms with Gasteiger partial charge in [-0.1, -0.05) is 6.07 Å². The van der Waals surface area contributed by atoms with Crippen LogP contribution in [0.25, 0.3) is 0 Å². The summed E-state index contributed by atoms with van der Waals surface area (Å²) in [4.78, 5) is 25.8. The molecule has 0 radical (unpaired) electrons. The molecule has 5 heteroatoms. The third-order valence-corrected chi connectivity index (χ3v) is 5.26. The molecule has 0 saturated carbocycles. The highest BCUT2D eigenvalue weighted by Crippen LogP contribution is 2.41. The Balaban J connectivity index is 1.50. The Morgan fingerprint density at radius 2 is 1.88 bits per heavy atom. The van der Waals surface area contributed by atoms with Crippen LogP contribution >= 0.6 is 0 Å². The molecular formula is C19H22N4O. The Morgan fingerprint density at radius 1 is 1.04 bits per heavy atom. The number of carbonyl (C=O) groups is 1. The van der Waals surface area contributed by atoms with E-state index >= 15 is 0 Å². The van der Waals surface area contributed by atoms with Crippen molar-refractivity contribution in [1.82, 2.24) is 14.9 Å². The zero-order chi connectivity index (χ0) is 16.4. The van der Waals surface area contributed by atoms with Gasteiger partial charge in [0.25, 0.3) is 0 Å². The minimum atomic E-state index is -0.226. The zero-order valence-electron chi connectivity index (χ0n) is 13.8. The van der Waals surface area contributed by atoms with Gasteiger partial charge < -0.3 is 4.90 Å². The molecule has 2 aliphatic heterocycles. The van der Waals surface area contributed by atoms with Gasteiger partial charge in [0.15, 0.2) is 0 Å². The van der Waals surface area contributed by atoms with E-state index in [4.69, 9.17) is 0 Å². The minimum Gasteiger partial charge on any atom is -0.310 e. The number of pyridine rings is 2. The van der Waals surface area contributed by atoms with E-state index in [1.807, 2.05) is 29.3 Å². The number of likely N-dealkylation sites (tertiary alicyclic amines) is 1. The second-order valence-corrected chi connectivity index (χ2v) is 6.87. The molecule has 1 amide bonds. The van der Waals surface area contributed by atoms with Crippen LogP contribution in [-0.2, 0) is 11.3 Å². The maximum atomic E-state index is 13.1. The van der Waals surface area contributed by atoms with Gasteiger partial charge in [0.2, 0.25) is 5.91 Å². The van der Waals surface area contributed by atoms with Gasteiger partial charge in [0.05, 0.1) is 17.3 Å². The van der Waals surface area contributed by atoms with Gasteiger partial charge in [-0.15, -0.1) is 0 Å². The Kier molecular flexibility index (Phi) is 4.02. The van der Waals surface area contributed by atoms with Crippen LogP contribution in [0.3, 0.4) is 0 Å². The van der Waals surface area contributed by atoms with Crippen LogP contribution < -0.4 is 4.90 Å². The standard InChI is InChI=1S/C19H22N4O/c24-18-19(7-11-23(18)17-5-2-9-21-13-17)6-3-10-22(15-19)14-16-4-1-8-20-12-16/h1-2,4-5,8-9,12-13H,3,6-7,10-11,14-15H2/t19-/m1/s1. The van der Waals surface area contributed by atoms with E-state index in [1.165, 1.54) is 5.56 Å². The van der Waals surface area contributed by atoms with E-state index in [-0.39, 0.29) is 11.3 Å². The number of hydrogen-bond donors (Lipinski definition) is 0. The van der Waals surface area contributed by atoms with Crippen LogP contribution in [0.1, 0.15) is 24.8 Å². The van der Waals surface area contributed by atoms with Crippen LogP contribution in [0, 0.1) is 5.41 Å². The van der Waals surface area contributed by atoms with Crippen molar-refractivity contribution in [2.24, 2.45) is 5.41 Å². The predicted molar refractivity (Wildman–Crippen MR) is 92.4 cm³/mol. The molecule has 0 aromatic carbocycles. The number of amides is 1. The molecule has 124 valence electrons. The summed E-state index contributed by atoms with van der Waals surface area (Å²) in [7, 11) is 0. The molecule has 4 rings (SSSR count). The average Bonchev–Trinajstić information content (AvgIpc) is 2.93. The SMILES string of the molecule is O=C1N(c2cccnc2)CC[C@@]12CCCN(Cc1cccnc1)C2. The van der Waals surface area contributed by atoms with Gasteiger partial charge in [0, 0.05) is 38.2 Å². The van der Waals surface area contributed by atoms with E-state index in [0.717, 1.165) is 51.1 Å². The van der Waals surface area contributed by atoms with Gasteiger partial charge in [-0.25, -0.2) is 0 Å². The van der Waals surface area contributed by atoms with Gasteiger partial charge in [-0.3, -0.25) is 19.7 Å². The topological polar surface area (TPSA) is 49.3 Å². The van der Waals surface area contributed by atoms with Gasteiger partial charge in [0.1, 0.15) is 0 Å². The fourth-order valence-corrected chi connectivity index (χ4v) is 4.07. The highest BCUT2D eigenvalue weighted by molar-refractivity contribution is 6.00. The smallest absolute Gasteiger partial charge is 0.234 e. The Labute approximate surface area is 142 Å². The summed E-state index contributed by atoms with van der Waals surface area (Å²) in [6.45, 7) is 3.56. The Morgan fingerprint density at radius 3 is 2.62 bits per heavy atom. The molecule has 5 nitrogen and oxygen atoms in total. The molecule has 0 aliphatic carbocycles. The van der Waals surface area contributed by atoms with Crippen molar-refractivity contribution in [3.05, 3.63) is 54.6 Å². The van der Waals surface area contributed by atoms with Crippen molar-refractivity contribution in [2.75, 3.05) is 24.5 Å². The first-order valence-electron chi connectivity index (χ1n) is 8.60. The van der Waals surface area contributed by atoms with Crippen LogP contribution in [0.15, 0.2) is 49.1 Å². The second kappa shape index (κ2) is 6.32. The fourth-order valence-electron chi connectivity index (χ4n) is 4.07. The van der Waals surface area contributed by atoms with Gasteiger partial charge in [-0.05, 0) is 49.6 Å². The maximum Gasteiger partial charge on any atom is 0.234 e. The van der Waals surface area contributed by atoms with E-state index < -0.39 is 0 Å². The molecule has 2 saturated heterocycles. The van der Waals surface area contributed by atoms with E-state index in [9.17, 15) is 4.79 Å². The van der Waals surface area contributed by atoms with Crippen molar-refractivity contribution in [1.29, 1.82) is 0 Å². The number of rotatable bonds is 3. The fraction of sp³-hybridized carbons (Fsp3) is 0.421. The summed E-state index contributed by atoms with van der Waals surface area (Å²) < 4.78 is 0. The van der Waals surface area contributed by atoms with E-state index in [0.29, 0.717) is 0 Å². The summed E-state index contributed by atoms with van der Waals surface area (Å²) in [5, 5.41) is 0. The first kappa shape index (κ1) is 15.3. The normalized spacial score (nSPS) is 24.7. The summed E-state index contributed by atoms with van der Waals surface area (Å²) >= 11 is 0. The van der Waals surface area contributed by atoms with Gasteiger partial charge in [-0.2, -0.15) is 0 Å². The first-order chi connectivity index (χ1) is 11.8. The number of carbonyl (C=O) groups excluding carboxylic acids is 1. The lowest BCUT2D eigenvalue weighted by atomic mass is 9.78. The molecule has 4 heterocycles. The molecule has 2 aromatic heterocycles. The van der Waals surface area contributed by atoms with Crippen molar-refractivity contribution >= 4 is 11.6 Å². The molecular weight excluding hydrogens is 300 g/mol. The highest BCUT2D eigenvalue weighted by Gasteiger charge is 2.49. The summed E-state index contributed by atoms with van der Waals surface area (Å²) in [5.41, 5.74) is 1.91. The van der Waals surface area contributed by atoms with Crippen LogP contribution in [-0.4, -0.2) is 40.4 Å². The monoisotopic (exact) mass is 322 g/mol. The molecule has 2 aromatic rings.